The van der Waals surface area contributed by atoms with Crippen molar-refractivity contribution in [2.45, 2.75) is 0 Å². The molecule has 0 bridgehead atoms. The fourth-order valence-electron chi connectivity index (χ4n) is 1.77. The van der Waals surface area contributed by atoms with E-state index >= 15 is 0 Å². The minimum atomic E-state index is -0.212. The molecule has 0 saturated carbocycles. The SMILES string of the molecule is COc1cccc(OCC(=O)c2ccc(O)c(OC)c2)c1. The van der Waals surface area contributed by atoms with Crippen LogP contribution in [0, 0.1) is 0 Å². The molecule has 2 aromatic carbocycles. The number of phenolic OH excluding ortho intramolecular Hbond substituents is 1. The first kappa shape index (κ1) is 14.7. The number of hydrogen-bond donors (Lipinski definition) is 1. The molecule has 5 nitrogen and oxygen atoms in total. The van der Waals surface area contributed by atoms with Crippen molar-refractivity contribution >= 4 is 5.78 Å². The number of carbonyl (C=O) groups excluding carboxylic acids is 1. The Morgan fingerprint density at radius 1 is 1.05 bits per heavy atom. The fourth-order valence-corrected chi connectivity index (χ4v) is 1.77. The average molecular weight is 288 g/mol. The normalized spacial score (nSPS) is 10.0. The number of aromatic hydroxyl groups is 1. The molecule has 0 aliphatic heterocycles. The molecule has 0 saturated heterocycles. The smallest absolute Gasteiger partial charge is 0.200 e. The number of ether oxygens (including phenoxy) is 3. The van der Waals surface area contributed by atoms with Crippen molar-refractivity contribution in [3.8, 4) is 23.0 Å². The van der Waals surface area contributed by atoms with E-state index in [4.69, 9.17) is 14.2 Å². The van der Waals surface area contributed by atoms with Crippen molar-refractivity contribution in [3.05, 3.63) is 48.0 Å². The third kappa shape index (κ3) is 3.66. The van der Waals surface area contributed by atoms with Crippen LogP contribution in [-0.4, -0.2) is 31.7 Å². The van der Waals surface area contributed by atoms with Crippen LogP contribution in [-0.2, 0) is 0 Å². The zero-order chi connectivity index (χ0) is 15.2. The second kappa shape index (κ2) is 6.65. The van der Waals surface area contributed by atoms with Crippen LogP contribution in [0.5, 0.6) is 23.0 Å². The Kier molecular flexibility index (Phi) is 4.66. The predicted octanol–water partition coefficient (Wildman–Crippen LogP) is 2.67. The van der Waals surface area contributed by atoms with Gasteiger partial charge in [-0.15, -0.1) is 0 Å². The van der Waals surface area contributed by atoms with Gasteiger partial charge in [0.2, 0.25) is 0 Å². The zero-order valence-corrected chi connectivity index (χ0v) is 11.8. The summed E-state index contributed by atoms with van der Waals surface area (Å²) in [5.41, 5.74) is 0.410. The third-order valence-corrected chi connectivity index (χ3v) is 2.91. The summed E-state index contributed by atoms with van der Waals surface area (Å²) < 4.78 is 15.5. The van der Waals surface area contributed by atoms with Gasteiger partial charge in [0.05, 0.1) is 14.2 Å². The Balaban J connectivity index is 2.04. The molecule has 0 aromatic heterocycles. The molecule has 0 heterocycles. The molecule has 0 amide bonds. The molecule has 5 heteroatoms. The number of hydrogen-bond acceptors (Lipinski definition) is 5. The van der Waals surface area contributed by atoms with Gasteiger partial charge in [0, 0.05) is 11.6 Å². The molecule has 1 N–H and O–H groups in total. The number of methoxy groups -OCH3 is 2. The Labute approximate surface area is 122 Å². The van der Waals surface area contributed by atoms with E-state index in [2.05, 4.69) is 0 Å². The summed E-state index contributed by atoms with van der Waals surface area (Å²) in [6, 6.07) is 11.4. The van der Waals surface area contributed by atoms with Gasteiger partial charge in [0.15, 0.2) is 23.9 Å². The number of Topliss-reactive ketones (excluding diaryl/α,β-unsaturated/α-hetero) is 1. The fraction of sp³-hybridized carbons (Fsp3) is 0.188. The molecule has 0 spiro atoms. The van der Waals surface area contributed by atoms with Crippen LogP contribution in [0.2, 0.25) is 0 Å². The molecule has 0 atom stereocenters. The van der Waals surface area contributed by atoms with E-state index in [1.807, 2.05) is 0 Å². The molecule has 110 valence electrons. The van der Waals surface area contributed by atoms with Gasteiger partial charge in [-0.25, -0.2) is 0 Å². The summed E-state index contributed by atoms with van der Waals surface area (Å²) >= 11 is 0. The van der Waals surface area contributed by atoms with E-state index in [9.17, 15) is 9.90 Å². The second-order valence-electron chi connectivity index (χ2n) is 4.28. The monoisotopic (exact) mass is 288 g/mol. The van der Waals surface area contributed by atoms with Gasteiger partial charge in [-0.05, 0) is 30.3 Å². The van der Waals surface area contributed by atoms with Gasteiger partial charge in [-0.2, -0.15) is 0 Å². The van der Waals surface area contributed by atoms with E-state index in [0.717, 1.165) is 0 Å². The van der Waals surface area contributed by atoms with Crippen molar-refractivity contribution in [2.24, 2.45) is 0 Å². The van der Waals surface area contributed by atoms with Crippen molar-refractivity contribution in [3.63, 3.8) is 0 Å². The number of rotatable bonds is 6. The van der Waals surface area contributed by atoms with E-state index in [1.165, 1.54) is 25.3 Å². The highest BCUT2D eigenvalue weighted by Gasteiger charge is 2.11. The lowest BCUT2D eigenvalue weighted by molar-refractivity contribution is 0.0921. The van der Waals surface area contributed by atoms with Crippen LogP contribution in [0.1, 0.15) is 10.4 Å². The van der Waals surface area contributed by atoms with Gasteiger partial charge < -0.3 is 19.3 Å². The van der Waals surface area contributed by atoms with Crippen LogP contribution in [0.15, 0.2) is 42.5 Å². The Bertz CT molecular complexity index is 636. The van der Waals surface area contributed by atoms with Crippen molar-refractivity contribution in [1.29, 1.82) is 0 Å². The van der Waals surface area contributed by atoms with Gasteiger partial charge in [-0.1, -0.05) is 6.07 Å². The third-order valence-electron chi connectivity index (χ3n) is 2.91. The summed E-state index contributed by atoms with van der Waals surface area (Å²) in [4.78, 5) is 12.1. The minimum Gasteiger partial charge on any atom is -0.504 e. The Morgan fingerprint density at radius 3 is 2.52 bits per heavy atom. The van der Waals surface area contributed by atoms with Crippen LogP contribution < -0.4 is 14.2 Å². The second-order valence-corrected chi connectivity index (χ2v) is 4.28. The molecule has 21 heavy (non-hydrogen) atoms. The van der Waals surface area contributed by atoms with Gasteiger partial charge in [0.25, 0.3) is 0 Å². The molecule has 2 rings (SSSR count). The maximum atomic E-state index is 12.1. The van der Waals surface area contributed by atoms with E-state index < -0.39 is 0 Å². The van der Waals surface area contributed by atoms with Crippen LogP contribution in [0.4, 0.5) is 0 Å². The molecule has 0 unspecified atom stereocenters. The molecule has 0 aliphatic rings. The van der Waals surface area contributed by atoms with Crippen molar-refractivity contribution in [2.75, 3.05) is 20.8 Å². The van der Waals surface area contributed by atoms with Gasteiger partial charge >= 0.3 is 0 Å². The van der Waals surface area contributed by atoms with E-state index in [-0.39, 0.29) is 23.9 Å². The summed E-state index contributed by atoms with van der Waals surface area (Å²) in [5, 5.41) is 9.50. The highest BCUT2D eigenvalue weighted by atomic mass is 16.5. The molecular weight excluding hydrogens is 272 g/mol. The lowest BCUT2D eigenvalue weighted by Gasteiger charge is -2.08. The van der Waals surface area contributed by atoms with Crippen LogP contribution in [0.25, 0.3) is 0 Å². The lowest BCUT2D eigenvalue weighted by atomic mass is 10.1. The topological polar surface area (TPSA) is 65.0 Å². The summed E-state index contributed by atoms with van der Waals surface area (Å²) in [5.74, 6) is 1.24. The molecular formula is C16H16O5. The van der Waals surface area contributed by atoms with Crippen LogP contribution >= 0.6 is 0 Å². The molecule has 2 aromatic rings. The number of phenols is 1. The maximum absolute atomic E-state index is 12.1. The first-order valence-electron chi connectivity index (χ1n) is 6.31. The summed E-state index contributed by atoms with van der Waals surface area (Å²) in [6.07, 6.45) is 0. The average Bonchev–Trinajstić information content (AvgIpc) is 2.53. The predicted molar refractivity (Wildman–Crippen MR) is 77.5 cm³/mol. The maximum Gasteiger partial charge on any atom is 0.200 e. The highest BCUT2D eigenvalue weighted by Crippen LogP contribution is 2.26. The minimum absolute atomic E-state index is 0.0113. The van der Waals surface area contributed by atoms with E-state index in [0.29, 0.717) is 17.1 Å². The van der Waals surface area contributed by atoms with Crippen molar-refractivity contribution < 1.29 is 24.1 Å². The first-order chi connectivity index (χ1) is 10.1. The summed E-state index contributed by atoms with van der Waals surface area (Å²) in [6.45, 7) is -0.110. The number of carbonyl (C=O) groups is 1. The number of ketones is 1. The quantitative estimate of drug-likeness (QED) is 0.828. The summed E-state index contributed by atoms with van der Waals surface area (Å²) in [7, 11) is 2.99. The highest BCUT2D eigenvalue weighted by molar-refractivity contribution is 5.97. The molecule has 0 aliphatic carbocycles. The Hall–Kier alpha value is -2.69. The van der Waals surface area contributed by atoms with Crippen molar-refractivity contribution in [1.82, 2.24) is 0 Å². The zero-order valence-electron chi connectivity index (χ0n) is 11.8. The first-order valence-corrected chi connectivity index (χ1v) is 6.31. The van der Waals surface area contributed by atoms with Gasteiger partial charge in [0.1, 0.15) is 11.5 Å². The molecule has 0 radical (unpaired) electrons. The van der Waals surface area contributed by atoms with E-state index in [1.54, 1.807) is 31.4 Å². The Morgan fingerprint density at radius 2 is 1.81 bits per heavy atom. The largest absolute Gasteiger partial charge is 0.504 e. The lowest BCUT2D eigenvalue weighted by Crippen LogP contribution is -2.11. The molecule has 0 fully saturated rings. The van der Waals surface area contributed by atoms with Gasteiger partial charge in [-0.3, -0.25) is 4.79 Å². The standard InChI is InChI=1S/C16H16O5/c1-19-12-4-3-5-13(9-12)21-10-15(18)11-6-7-14(17)16(8-11)20-2/h3-9,17H,10H2,1-2H3. The van der Waals surface area contributed by atoms with Crippen LogP contribution in [0.3, 0.4) is 0 Å². The number of benzene rings is 2.